The number of aromatic amines is 1. The first-order valence-corrected chi connectivity index (χ1v) is 6.34. The number of hydrogen-bond acceptors (Lipinski definition) is 5. The van der Waals surface area contributed by atoms with Crippen LogP contribution < -0.4 is 5.73 Å². The molecule has 3 rings (SSSR count). The third kappa shape index (κ3) is 2.12. The van der Waals surface area contributed by atoms with Crippen LogP contribution in [0.2, 0.25) is 0 Å². The van der Waals surface area contributed by atoms with E-state index in [0.29, 0.717) is 23.1 Å². The van der Waals surface area contributed by atoms with E-state index >= 15 is 0 Å². The zero-order valence-corrected chi connectivity index (χ0v) is 11.6. The van der Waals surface area contributed by atoms with Gasteiger partial charge in [-0.3, -0.25) is 5.10 Å². The molecule has 0 radical (unpaired) electrons. The number of aromatic nitrogens is 4. The standard InChI is InChI=1S/C12H10BrN5O/c1-6-2-3-7(4-9(6)13)11-16-12(19-18-11)8-5-15-17-10(8)14/h2-5H,1H3,(H3,14,15,17). The number of rotatable bonds is 2. The molecule has 2 aromatic heterocycles. The summed E-state index contributed by atoms with van der Waals surface area (Å²) >= 11 is 3.48. The van der Waals surface area contributed by atoms with Crippen molar-refractivity contribution >= 4 is 21.7 Å². The number of anilines is 1. The van der Waals surface area contributed by atoms with Crippen LogP contribution in [0.15, 0.2) is 33.4 Å². The van der Waals surface area contributed by atoms with Crippen LogP contribution in [0.25, 0.3) is 22.8 Å². The largest absolute Gasteiger partial charge is 0.383 e. The Kier molecular flexibility index (Phi) is 2.83. The number of H-pyrrole nitrogens is 1. The van der Waals surface area contributed by atoms with E-state index < -0.39 is 0 Å². The van der Waals surface area contributed by atoms with Crippen molar-refractivity contribution < 1.29 is 4.52 Å². The van der Waals surface area contributed by atoms with Gasteiger partial charge in [0.15, 0.2) is 0 Å². The van der Waals surface area contributed by atoms with E-state index in [9.17, 15) is 0 Å². The Morgan fingerprint density at radius 3 is 2.89 bits per heavy atom. The van der Waals surface area contributed by atoms with E-state index in [1.54, 1.807) is 6.20 Å². The summed E-state index contributed by atoms with van der Waals surface area (Å²) < 4.78 is 6.20. The first-order chi connectivity index (χ1) is 9.15. The number of benzene rings is 1. The summed E-state index contributed by atoms with van der Waals surface area (Å²) in [6.07, 6.45) is 1.55. The molecule has 2 heterocycles. The molecule has 0 spiro atoms. The first-order valence-electron chi connectivity index (χ1n) is 5.54. The predicted octanol–water partition coefficient (Wildman–Crippen LogP) is 2.78. The minimum Gasteiger partial charge on any atom is -0.383 e. The number of nitrogens with zero attached hydrogens (tertiary/aromatic N) is 3. The molecule has 6 nitrogen and oxygen atoms in total. The van der Waals surface area contributed by atoms with E-state index in [1.165, 1.54) is 0 Å². The maximum Gasteiger partial charge on any atom is 0.263 e. The molecule has 19 heavy (non-hydrogen) atoms. The fourth-order valence-corrected chi connectivity index (χ4v) is 2.03. The highest BCUT2D eigenvalue weighted by Gasteiger charge is 2.14. The summed E-state index contributed by atoms with van der Waals surface area (Å²) in [6, 6.07) is 5.87. The highest BCUT2D eigenvalue weighted by Crippen LogP contribution is 2.27. The van der Waals surface area contributed by atoms with Gasteiger partial charge in [0.1, 0.15) is 11.4 Å². The van der Waals surface area contributed by atoms with Crippen LogP contribution >= 0.6 is 15.9 Å². The Bertz CT molecular complexity index is 733. The maximum atomic E-state index is 5.71. The van der Waals surface area contributed by atoms with Gasteiger partial charge in [-0.05, 0) is 18.6 Å². The van der Waals surface area contributed by atoms with Crippen LogP contribution in [-0.2, 0) is 0 Å². The van der Waals surface area contributed by atoms with Crippen molar-refractivity contribution in [1.29, 1.82) is 0 Å². The molecule has 0 fully saturated rings. The van der Waals surface area contributed by atoms with Crippen molar-refractivity contribution in [1.82, 2.24) is 20.3 Å². The SMILES string of the molecule is Cc1ccc(-c2noc(-c3cn[nH]c3N)n2)cc1Br. The molecule has 96 valence electrons. The molecule has 0 aliphatic heterocycles. The summed E-state index contributed by atoms with van der Waals surface area (Å²) in [5, 5.41) is 10.4. The second kappa shape index (κ2) is 4.51. The average Bonchev–Trinajstić information content (AvgIpc) is 3.01. The summed E-state index contributed by atoms with van der Waals surface area (Å²) in [5.41, 5.74) is 8.33. The smallest absolute Gasteiger partial charge is 0.263 e. The highest BCUT2D eigenvalue weighted by molar-refractivity contribution is 9.10. The average molecular weight is 320 g/mol. The molecule has 0 amide bonds. The fraction of sp³-hybridized carbons (Fsp3) is 0.0833. The van der Waals surface area contributed by atoms with E-state index in [2.05, 4.69) is 36.3 Å². The lowest BCUT2D eigenvalue weighted by Crippen LogP contribution is -1.87. The number of hydrogen-bond donors (Lipinski definition) is 2. The van der Waals surface area contributed by atoms with Crippen LogP contribution in [0, 0.1) is 6.92 Å². The van der Waals surface area contributed by atoms with Gasteiger partial charge in [0.2, 0.25) is 5.82 Å². The molecular formula is C12H10BrN5O. The molecule has 3 aromatic rings. The summed E-state index contributed by atoms with van der Waals surface area (Å²) in [6.45, 7) is 2.02. The maximum absolute atomic E-state index is 5.71. The predicted molar refractivity (Wildman–Crippen MR) is 74.2 cm³/mol. The third-order valence-electron chi connectivity index (χ3n) is 2.76. The third-order valence-corrected chi connectivity index (χ3v) is 3.61. The van der Waals surface area contributed by atoms with E-state index in [-0.39, 0.29) is 0 Å². The topological polar surface area (TPSA) is 93.6 Å². The van der Waals surface area contributed by atoms with E-state index in [1.807, 2.05) is 25.1 Å². The van der Waals surface area contributed by atoms with E-state index in [4.69, 9.17) is 10.3 Å². The summed E-state index contributed by atoms with van der Waals surface area (Å²) in [7, 11) is 0. The molecule has 0 saturated carbocycles. The lowest BCUT2D eigenvalue weighted by atomic mass is 10.1. The first kappa shape index (κ1) is 11.9. The molecule has 3 N–H and O–H groups in total. The van der Waals surface area contributed by atoms with Crippen LogP contribution in [0.3, 0.4) is 0 Å². The molecule has 0 aliphatic rings. The van der Waals surface area contributed by atoms with Crippen molar-refractivity contribution in [3.63, 3.8) is 0 Å². The Labute approximate surface area is 117 Å². The molecule has 0 atom stereocenters. The molecular weight excluding hydrogens is 310 g/mol. The summed E-state index contributed by atoms with van der Waals surface area (Å²) in [4.78, 5) is 4.32. The van der Waals surface area contributed by atoms with Crippen molar-refractivity contribution in [2.24, 2.45) is 0 Å². The zero-order chi connectivity index (χ0) is 13.4. The van der Waals surface area contributed by atoms with Gasteiger partial charge in [-0.2, -0.15) is 10.1 Å². The number of nitrogens with one attached hydrogen (secondary N) is 1. The Hall–Kier alpha value is -2.15. The van der Waals surface area contributed by atoms with Crippen LogP contribution in [0.4, 0.5) is 5.82 Å². The van der Waals surface area contributed by atoms with Crippen molar-refractivity contribution in [2.45, 2.75) is 6.92 Å². The number of halogens is 1. The monoisotopic (exact) mass is 319 g/mol. The Balaban J connectivity index is 2.01. The Morgan fingerprint density at radius 1 is 1.37 bits per heavy atom. The minimum atomic E-state index is 0.345. The van der Waals surface area contributed by atoms with Gasteiger partial charge in [0.05, 0.1) is 6.20 Å². The number of nitrogens with two attached hydrogens (primary N) is 1. The van der Waals surface area contributed by atoms with Gasteiger partial charge in [0, 0.05) is 10.0 Å². The highest BCUT2D eigenvalue weighted by atomic mass is 79.9. The minimum absolute atomic E-state index is 0.345. The van der Waals surface area contributed by atoms with Gasteiger partial charge in [-0.1, -0.05) is 33.2 Å². The molecule has 0 bridgehead atoms. The molecule has 1 aromatic carbocycles. The zero-order valence-electron chi connectivity index (χ0n) is 10.0. The van der Waals surface area contributed by atoms with Crippen molar-refractivity contribution in [3.05, 3.63) is 34.4 Å². The lowest BCUT2D eigenvalue weighted by Gasteiger charge is -1.99. The molecule has 0 unspecified atom stereocenters. The van der Waals surface area contributed by atoms with Gasteiger partial charge in [-0.25, -0.2) is 0 Å². The fourth-order valence-electron chi connectivity index (χ4n) is 1.65. The van der Waals surface area contributed by atoms with Gasteiger partial charge in [-0.15, -0.1) is 0 Å². The van der Waals surface area contributed by atoms with Gasteiger partial charge >= 0.3 is 0 Å². The number of aryl methyl sites for hydroxylation is 1. The van der Waals surface area contributed by atoms with E-state index in [0.717, 1.165) is 15.6 Å². The van der Waals surface area contributed by atoms with Gasteiger partial charge < -0.3 is 10.3 Å². The quantitative estimate of drug-likeness (QED) is 0.757. The van der Waals surface area contributed by atoms with Crippen LogP contribution in [0.1, 0.15) is 5.56 Å². The Morgan fingerprint density at radius 2 is 2.21 bits per heavy atom. The summed E-state index contributed by atoms with van der Waals surface area (Å²) in [5.74, 6) is 1.26. The number of nitrogen functional groups attached to an aromatic ring is 1. The molecule has 0 aliphatic carbocycles. The lowest BCUT2D eigenvalue weighted by molar-refractivity contribution is 0.432. The van der Waals surface area contributed by atoms with Crippen molar-refractivity contribution in [2.75, 3.05) is 5.73 Å². The molecule has 7 heteroatoms. The van der Waals surface area contributed by atoms with Crippen LogP contribution in [0.5, 0.6) is 0 Å². The second-order valence-corrected chi connectivity index (χ2v) is 4.94. The second-order valence-electron chi connectivity index (χ2n) is 4.08. The molecule has 0 saturated heterocycles. The van der Waals surface area contributed by atoms with Crippen LogP contribution in [-0.4, -0.2) is 20.3 Å². The normalized spacial score (nSPS) is 10.8. The van der Waals surface area contributed by atoms with Crippen molar-refractivity contribution in [3.8, 4) is 22.8 Å². The van der Waals surface area contributed by atoms with Gasteiger partial charge in [0.25, 0.3) is 5.89 Å².